The second-order valence-electron chi connectivity index (χ2n) is 11.2. The van der Waals surface area contributed by atoms with Gasteiger partial charge in [0.1, 0.15) is 29.3 Å². The molecule has 0 aliphatic carbocycles. The van der Waals surface area contributed by atoms with Crippen molar-refractivity contribution in [2.45, 2.75) is 31.8 Å². The monoisotopic (exact) mass is 632 g/mol. The molecule has 1 saturated heterocycles. The van der Waals surface area contributed by atoms with Crippen LogP contribution in [0.5, 0.6) is 11.5 Å². The van der Waals surface area contributed by atoms with E-state index in [0.717, 1.165) is 24.0 Å². The van der Waals surface area contributed by atoms with E-state index in [1.54, 1.807) is 36.0 Å². The molecule has 11 heteroatoms. The number of hydrogen-bond donors (Lipinski definition) is 4. The Bertz CT molecular complexity index is 1890. The number of hydrogen-bond acceptors (Lipinski definition) is 9. The summed E-state index contributed by atoms with van der Waals surface area (Å²) in [5, 5.41) is 42.6. The summed E-state index contributed by atoms with van der Waals surface area (Å²) in [6, 6.07) is 21.3. The molecule has 1 unspecified atom stereocenters. The third-order valence-electron chi connectivity index (χ3n) is 8.29. The van der Waals surface area contributed by atoms with E-state index in [1.807, 2.05) is 30.3 Å². The average molecular weight is 633 g/mol. The first kappa shape index (κ1) is 32.6. The molecule has 4 aromatic rings. The number of carbonyl (C=O) groups is 1. The van der Waals surface area contributed by atoms with Crippen LogP contribution >= 0.6 is 0 Å². The molecule has 4 N–H and O–H groups in total. The van der Waals surface area contributed by atoms with Crippen LogP contribution in [-0.2, 0) is 4.79 Å². The summed E-state index contributed by atoms with van der Waals surface area (Å²) in [5.74, 6) is -0.612. The number of nitrogens with one attached hydrogen (secondary N) is 2. The maximum absolute atomic E-state index is 14.9. The van der Waals surface area contributed by atoms with Gasteiger partial charge in [-0.2, -0.15) is 10.5 Å². The van der Waals surface area contributed by atoms with Gasteiger partial charge < -0.3 is 20.1 Å². The highest BCUT2D eigenvalue weighted by Crippen LogP contribution is 2.41. The Hall–Kier alpha value is -5.75. The Morgan fingerprint density at radius 1 is 1.09 bits per heavy atom. The number of nitrogens with zero attached hydrogens (tertiary/aromatic N) is 4. The lowest BCUT2D eigenvalue weighted by Crippen LogP contribution is -2.43. The topological polar surface area (TPSA) is 155 Å². The summed E-state index contributed by atoms with van der Waals surface area (Å²) in [6.45, 7) is 3.35. The fourth-order valence-electron chi connectivity index (χ4n) is 5.80. The van der Waals surface area contributed by atoms with Crippen LogP contribution in [0.2, 0.25) is 0 Å². The second kappa shape index (κ2) is 14.6. The van der Waals surface area contributed by atoms with Crippen molar-refractivity contribution < 1.29 is 24.2 Å². The summed E-state index contributed by atoms with van der Waals surface area (Å²) in [6.07, 6.45) is 6.08. The van der Waals surface area contributed by atoms with Gasteiger partial charge in [0.25, 0.3) is 5.91 Å². The molecule has 10 nitrogen and oxygen atoms in total. The van der Waals surface area contributed by atoms with Crippen molar-refractivity contribution in [1.82, 2.24) is 15.8 Å². The standard InChI is InChI=1S/C36H33FN6O4/c1-22(24-6-3-23(4-7-24)5-12-34(45)42-46)41-28-13-15-43(16-14-28)36-29(20-39)35(26-8-9-27(19-38)31(37)17-26)30(21-40-36)25-10-11-33(47-2)32(44)18-25/h3-12,17-18,21-22,28,41,44,46H,13-16H2,1-2H3,(H,42,45)/b12-5+. The Kier molecular flexibility index (Phi) is 10.1. The largest absolute Gasteiger partial charge is 0.504 e. The summed E-state index contributed by atoms with van der Waals surface area (Å²) in [5.41, 5.74) is 5.61. The number of pyridine rings is 1. The molecule has 47 heavy (non-hydrogen) atoms. The van der Waals surface area contributed by atoms with Crippen LogP contribution in [0.4, 0.5) is 10.2 Å². The molecule has 0 radical (unpaired) electrons. The normalized spacial score (nSPS) is 14.0. The molecule has 0 spiro atoms. The number of halogens is 1. The minimum Gasteiger partial charge on any atom is -0.504 e. The van der Waals surface area contributed by atoms with E-state index >= 15 is 0 Å². The van der Waals surface area contributed by atoms with E-state index in [2.05, 4.69) is 23.2 Å². The third-order valence-corrected chi connectivity index (χ3v) is 8.29. The number of benzene rings is 3. The fourth-order valence-corrected chi connectivity index (χ4v) is 5.80. The van der Waals surface area contributed by atoms with Gasteiger partial charge in [0.15, 0.2) is 11.5 Å². The van der Waals surface area contributed by atoms with Crippen molar-refractivity contribution in [2.75, 3.05) is 25.1 Å². The van der Waals surface area contributed by atoms with E-state index < -0.39 is 11.7 Å². The number of hydroxylamine groups is 1. The first-order chi connectivity index (χ1) is 22.8. The van der Waals surface area contributed by atoms with Crippen molar-refractivity contribution >= 4 is 17.8 Å². The molecule has 1 aromatic heterocycles. The molecule has 2 heterocycles. The first-order valence-electron chi connectivity index (χ1n) is 15.0. The number of phenols is 1. The SMILES string of the molecule is COc1ccc(-c2cnc(N3CCC(NC(C)c4ccc(/C=C/C(=O)NO)cc4)CC3)c(C#N)c2-c2ccc(C#N)c(F)c2)cc1O. The lowest BCUT2D eigenvalue weighted by molar-refractivity contribution is -0.124. The van der Waals surface area contributed by atoms with Gasteiger partial charge in [0, 0.05) is 48.6 Å². The number of aromatic hydroxyl groups is 1. The van der Waals surface area contributed by atoms with Gasteiger partial charge in [-0.25, -0.2) is 14.9 Å². The third kappa shape index (κ3) is 7.23. The molecule has 238 valence electrons. The number of anilines is 1. The number of piperidine rings is 1. The molecule has 3 aromatic carbocycles. The minimum absolute atomic E-state index is 0.0659. The lowest BCUT2D eigenvalue weighted by atomic mass is 9.91. The number of ether oxygens (including phenoxy) is 1. The number of aromatic nitrogens is 1. The molecule has 1 aliphatic rings. The molecule has 1 amide bonds. The first-order valence-corrected chi connectivity index (χ1v) is 15.0. The van der Waals surface area contributed by atoms with E-state index in [1.165, 1.54) is 31.4 Å². The fraction of sp³-hybridized carbons (Fsp3) is 0.222. The molecule has 0 saturated carbocycles. The van der Waals surface area contributed by atoms with E-state index in [-0.39, 0.29) is 34.7 Å². The van der Waals surface area contributed by atoms with Gasteiger partial charge in [-0.3, -0.25) is 10.0 Å². The van der Waals surface area contributed by atoms with E-state index in [4.69, 9.17) is 14.9 Å². The molecule has 0 bridgehead atoms. The quantitative estimate of drug-likeness (QED) is 0.101. The second-order valence-corrected chi connectivity index (χ2v) is 11.2. The van der Waals surface area contributed by atoms with Crippen LogP contribution in [0.25, 0.3) is 28.3 Å². The number of nitriles is 2. The van der Waals surface area contributed by atoms with Crippen LogP contribution in [0.15, 0.2) is 72.9 Å². The van der Waals surface area contributed by atoms with Crippen molar-refractivity contribution in [3.8, 4) is 45.9 Å². The van der Waals surface area contributed by atoms with E-state index in [0.29, 0.717) is 41.2 Å². The average Bonchev–Trinajstić information content (AvgIpc) is 3.10. The molecule has 5 rings (SSSR count). The summed E-state index contributed by atoms with van der Waals surface area (Å²) in [4.78, 5) is 18.0. The molecular weight excluding hydrogens is 599 g/mol. The number of rotatable bonds is 9. The van der Waals surface area contributed by atoms with Crippen molar-refractivity contribution in [3.05, 3.63) is 101 Å². The van der Waals surface area contributed by atoms with Gasteiger partial charge in [0.05, 0.1) is 12.7 Å². The smallest absolute Gasteiger partial charge is 0.267 e. The highest BCUT2D eigenvalue weighted by Gasteiger charge is 2.27. The number of phenolic OH excluding ortho intramolecular Hbond substituents is 1. The number of carbonyl (C=O) groups excluding carboxylic acids is 1. The van der Waals surface area contributed by atoms with Crippen LogP contribution in [-0.4, -0.2) is 47.4 Å². The zero-order valence-electron chi connectivity index (χ0n) is 25.9. The highest BCUT2D eigenvalue weighted by atomic mass is 19.1. The van der Waals surface area contributed by atoms with Crippen LogP contribution in [0.3, 0.4) is 0 Å². The lowest BCUT2D eigenvalue weighted by Gasteiger charge is -2.35. The molecule has 1 aliphatic heterocycles. The molecular formula is C36H33FN6O4. The van der Waals surface area contributed by atoms with Gasteiger partial charge in [-0.15, -0.1) is 0 Å². The predicted octanol–water partition coefficient (Wildman–Crippen LogP) is 5.85. The molecule has 1 fully saturated rings. The summed E-state index contributed by atoms with van der Waals surface area (Å²) >= 11 is 0. The minimum atomic E-state index is -0.697. The number of methoxy groups -OCH3 is 1. The van der Waals surface area contributed by atoms with E-state index in [9.17, 15) is 24.8 Å². The van der Waals surface area contributed by atoms with Crippen LogP contribution in [0.1, 0.15) is 48.1 Å². The van der Waals surface area contributed by atoms with Gasteiger partial charge in [-0.1, -0.05) is 36.4 Å². The zero-order chi connectivity index (χ0) is 33.5. The molecule has 1 atom stereocenters. The van der Waals surface area contributed by atoms with Gasteiger partial charge in [-0.05, 0) is 72.4 Å². The maximum atomic E-state index is 14.9. The Balaban J connectivity index is 1.38. The summed E-state index contributed by atoms with van der Waals surface area (Å²) < 4.78 is 20.1. The Morgan fingerprint density at radius 3 is 2.43 bits per heavy atom. The Morgan fingerprint density at radius 2 is 1.81 bits per heavy atom. The maximum Gasteiger partial charge on any atom is 0.267 e. The van der Waals surface area contributed by atoms with Gasteiger partial charge >= 0.3 is 0 Å². The predicted molar refractivity (Wildman–Crippen MR) is 175 cm³/mol. The van der Waals surface area contributed by atoms with Crippen LogP contribution in [0, 0.1) is 28.5 Å². The zero-order valence-corrected chi connectivity index (χ0v) is 25.9. The Labute approximate surface area is 271 Å². The summed E-state index contributed by atoms with van der Waals surface area (Å²) in [7, 11) is 1.45. The van der Waals surface area contributed by atoms with Crippen LogP contribution < -0.4 is 20.4 Å². The van der Waals surface area contributed by atoms with Crippen molar-refractivity contribution in [1.29, 1.82) is 10.5 Å². The van der Waals surface area contributed by atoms with Gasteiger partial charge in [0.2, 0.25) is 0 Å². The number of amides is 1. The van der Waals surface area contributed by atoms with Crippen molar-refractivity contribution in [3.63, 3.8) is 0 Å². The van der Waals surface area contributed by atoms with Crippen molar-refractivity contribution in [2.24, 2.45) is 0 Å². The highest BCUT2D eigenvalue weighted by molar-refractivity contribution is 5.91.